The van der Waals surface area contributed by atoms with Crippen LogP contribution < -0.4 is 5.32 Å². The summed E-state index contributed by atoms with van der Waals surface area (Å²) in [7, 11) is 1.65. The van der Waals surface area contributed by atoms with Gasteiger partial charge in [-0.2, -0.15) is 5.10 Å². The van der Waals surface area contributed by atoms with Crippen LogP contribution >= 0.6 is 0 Å². The smallest absolute Gasteiger partial charge is 0.244 e. The molecule has 0 bridgehead atoms. The zero-order valence-electron chi connectivity index (χ0n) is 12.5. The monoisotopic (exact) mass is 287 g/mol. The van der Waals surface area contributed by atoms with Gasteiger partial charge in [-0.25, -0.2) is 0 Å². The van der Waals surface area contributed by atoms with E-state index in [1.807, 2.05) is 43.5 Å². The molecular weight excluding hydrogens is 266 g/mol. The Morgan fingerprint density at radius 1 is 1.33 bits per heavy atom. The van der Waals surface area contributed by atoms with Gasteiger partial charge in [-0.3, -0.25) is 9.48 Å². The van der Waals surface area contributed by atoms with E-state index in [4.69, 9.17) is 4.74 Å². The number of hydrogen-bond acceptors (Lipinski definition) is 3. The minimum atomic E-state index is -0.329. The number of nitrogens with one attached hydrogen (secondary N) is 1. The lowest BCUT2D eigenvalue weighted by Crippen LogP contribution is -2.32. The van der Waals surface area contributed by atoms with Crippen molar-refractivity contribution in [3.05, 3.63) is 42.7 Å². The summed E-state index contributed by atoms with van der Waals surface area (Å²) in [5.41, 5.74) is 2.10. The summed E-state index contributed by atoms with van der Waals surface area (Å²) in [6.07, 6.45) is 4.49. The molecular formula is C16H21N3O2. The number of aromatic nitrogens is 2. The molecule has 0 unspecified atom stereocenters. The van der Waals surface area contributed by atoms with Gasteiger partial charge in [0.05, 0.1) is 6.20 Å². The first-order valence-electron chi connectivity index (χ1n) is 7.08. The Hall–Kier alpha value is -2.14. The fraction of sp³-hybridized carbons (Fsp3) is 0.375. The Morgan fingerprint density at radius 2 is 2.10 bits per heavy atom. The van der Waals surface area contributed by atoms with Crippen molar-refractivity contribution in [3.8, 4) is 11.1 Å². The molecule has 0 aliphatic rings. The number of amides is 1. The van der Waals surface area contributed by atoms with Crippen LogP contribution in [0.3, 0.4) is 0 Å². The van der Waals surface area contributed by atoms with E-state index in [9.17, 15) is 4.79 Å². The number of nitrogens with zero attached hydrogens (tertiary/aromatic N) is 2. The second kappa shape index (κ2) is 7.59. The maximum Gasteiger partial charge on any atom is 0.244 e. The Kier molecular flexibility index (Phi) is 5.51. The van der Waals surface area contributed by atoms with Gasteiger partial charge in [0.15, 0.2) is 0 Å². The van der Waals surface area contributed by atoms with Crippen LogP contribution in [0.15, 0.2) is 42.7 Å². The summed E-state index contributed by atoms with van der Waals surface area (Å²) in [6, 6.07) is 9.67. The Balaban J connectivity index is 1.95. The van der Waals surface area contributed by atoms with E-state index in [1.165, 1.54) is 0 Å². The molecule has 5 nitrogen and oxygen atoms in total. The van der Waals surface area contributed by atoms with Crippen LogP contribution in [0.25, 0.3) is 11.1 Å². The fourth-order valence-electron chi connectivity index (χ4n) is 2.03. The van der Waals surface area contributed by atoms with Crippen molar-refractivity contribution in [1.82, 2.24) is 15.1 Å². The predicted molar refractivity (Wildman–Crippen MR) is 81.9 cm³/mol. The summed E-state index contributed by atoms with van der Waals surface area (Å²) < 4.78 is 6.64. The molecule has 1 amide bonds. The van der Waals surface area contributed by atoms with Crippen molar-refractivity contribution in [2.75, 3.05) is 20.3 Å². The van der Waals surface area contributed by atoms with Gasteiger partial charge in [0.2, 0.25) is 5.91 Å². The molecule has 1 heterocycles. The normalized spacial score (nSPS) is 12.1. The SMILES string of the molecule is COCCCNC(=O)[C@H](C)n1cc(-c2ccccc2)cn1. The van der Waals surface area contributed by atoms with Gasteiger partial charge < -0.3 is 10.1 Å². The van der Waals surface area contributed by atoms with E-state index in [0.717, 1.165) is 17.5 Å². The Bertz CT molecular complexity index is 566. The first kappa shape index (κ1) is 15.3. The van der Waals surface area contributed by atoms with Crippen LogP contribution in [-0.4, -0.2) is 35.9 Å². The second-order valence-corrected chi connectivity index (χ2v) is 4.89. The van der Waals surface area contributed by atoms with Crippen LogP contribution in [0, 0.1) is 0 Å². The third-order valence-corrected chi connectivity index (χ3v) is 3.31. The third-order valence-electron chi connectivity index (χ3n) is 3.31. The maximum atomic E-state index is 12.0. The van der Waals surface area contributed by atoms with Gasteiger partial charge in [0.25, 0.3) is 0 Å². The fourth-order valence-corrected chi connectivity index (χ4v) is 2.03. The van der Waals surface area contributed by atoms with Crippen LogP contribution in [0.2, 0.25) is 0 Å². The maximum absolute atomic E-state index is 12.0. The van der Waals surface area contributed by atoms with E-state index in [-0.39, 0.29) is 11.9 Å². The van der Waals surface area contributed by atoms with Crippen molar-refractivity contribution in [2.45, 2.75) is 19.4 Å². The van der Waals surface area contributed by atoms with Crippen LogP contribution in [-0.2, 0) is 9.53 Å². The molecule has 5 heteroatoms. The molecule has 1 aromatic carbocycles. The average molecular weight is 287 g/mol. The highest BCUT2D eigenvalue weighted by Crippen LogP contribution is 2.19. The predicted octanol–water partition coefficient (Wildman–Crippen LogP) is 2.26. The lowest BCUT2D eigenvalue weighted by atomic mass is 10.1. The first-order chi connectivity index (χ1) is 10.2. The Labute approximate surface area is 124 Å². The van der Waals surface area contributed by atoms with E-state index < -0.39 is 0 Å². The number of methoxy groups -OCH3 is 1. The van der Waals surface area contributed by atoms with E-state index in [1.54, 1.807) is 18.0 Å². The van der Waals surface area contributed by atoms with E-state index in [0.29, 0.717) is 13.2 Å². The second-order valence-electron chi connectivity index (χ2n) is 4.89. The van der Waals surface area contributed by atoms with Crippen molar-refractivity contribution in [1.29, 1.82) is 0 Å². The molecule has 0 spiro atoms. The van der Waals surface area contributed by atoms with Crippen LogP contribution in [0.5, 0.6) is 0 Å². The molecule has 1 atom stereocenters. The average Bonchev–Trinajstić information content (AvgIpc) is 3.01. The molecule has 1 N–H and O–H groups in total. The van der Waals surface area contributed by atoms with E-state index in [2.05, 4.69) is 10.4 Å². The summed E-state index contributed by atoms with van der Waals surface area (Å²) >= 11 is 0. The topological polar surface area (TPSA) is 56.1 Å². The van der Waals surface area contributed by atoms with Gasteiger partial charge in [-0.05, 0) is 18.9 Å². The molecule has 0 saturated carbocycles. The number of carbonyl (C=O) groups excluding carboxylic acids is 1. The highest BCUT2D eigenvalue weighted by molar-refractivity contribution is 5.79. The van der Waals surface area contributed by atoms with Crippen molar-refractivity contribution in [3.63, 3.8) is 0 Å². The number of carbonyl (C=O) groups is 1. The molecule has 2 aromatic rings. The Morgan fingerprint density at radius 3 is 2.81 bits per heavy atom. The van der Waals surface area contributed by atoms with Crippen molar-refractivity contribution < 1.29 is 9.53 Å². The number of benzene rings is 1. The largest absolute Gasteiger partial charge is 0.385 e. The minimum absolute atomic E-state index is 0.0335. The van der Waals surface area contributed by atoms with E-state index >= 15 is 0 Å². The van der Waals surface area contributed by atoms with Gasteiger partial charge >= 0.3 is 0 Å². The molecule has 0 saturated heterocycles. The lowest BCUT2D eigenvalue weighted by Gasteiger charge is -2.12. The highest BCUT2D eigenvalue weighted by atomic mass is 16.5. The van der Waals surface area contributed by atoms with Crippen molar-refractivity contribution >= 4 is 5.91 Å². The standard InChI is InChI=1S/C16H21N3O2/c1-13(16(20)17-9-6-10-21-2)19-12-15(11-18-19)14-7-4-3-5-8-14/h3-5,7-8,11-13H,6,9-10H2,1-2H3,(H,17,20)/t13-/m0/s1. The molecule has 0 aliphatic heterocycles. The number of ether oxygens (including phenoxy) is 1. The summed E-state index contributed by atoms with van der Waals surface area (Å²) in [5, 5.41) is 7.17. The summed E-state index contributed by atoms with van der Waals surface area (Å²) in [4.78, 5) is 12.0. The number of hydrogen-bond donors (Lipinski definition) is 1. The summed E-state index contributed by atoms with van der Waals surface area (Å²) in [6.45, 7) is 3.10. The van der Waals surface area contributed by atoms with Gasteiger partial charge in [0, 0.05) is 32.0 Å². The van der Waals surface area contributed by atoms with Crippen LogP contribution in [0.4, 0.5) is 0 Å². The molecule has 0 aliphatic carbocycles. The number of rotatable bonds is 7. The molecule has 2 rings (SSSR count). The molecule has 0 fully saturated rings. The third kappa shape index (κ3) is 4.16. The first-order valence-corrected chi connectivity index (χ1v) is 7.08. The molecule has 21 heavy (non-hydrogen) atoms. The molecule has 0 radical (unpaired) electrons. The van der Waals surface area contributed by atoms with Gasteiger partial charge in [0.1, 0.15) is 6.04 Å². The zero-order valence-corrected chi connectivity index (χ0v) is 12.5. The van der Waals surface area contributed by atoms with Crippen LogP contribution in [0.1, 0.15) is 19.4 Å². The summed E-state index contributed by atoms with van der Waals surface area (Å²) in [5.74, 6) is -0.0335. The highest BCUT2D eigenvalue weighted by Gasteiger charge is 2.15. The quantitative estimate of drug-likeness (QED) is 0.795. The van der Waals surface area contributed by atoms with Crippen molar-refractivity contribution in [2.24, 2.45) is 0 Å². The lowest BCUT2D eigenvalue weighted by molar-refractivity contribution is -0.124. The zero-order chi connectivity index (χ0) is 15.1. The van der Waals surface area contributed by atoms with Gasteiger partial charge in [-0.1, -0.05) is 30.3 Å². The molecule has 112 valence electrons. The minimum Gasteiger partial charge on any atom is -0.385 e. The van der Waals surface area contributed by atoms with Gasteiger partial charge in [-0.15, -0.1) is 0 Å². The molecule has 1 aromatic heterocycles.